The number of carboxylic acids is 1. The van der Waals surface area contributed by atoms with Crippen LogP contribution < -0.4 is 10.1 Å². The Kier molecular flexibility index (Phi) is 12.9. The molecule has 0 radical (unpaired) electrons. The average Bonchev–Trinajstić information content (AvgIpc) is 2.85. The summed E-state index contributed by atoms with van der Waals surface area (Å²) in [6.07, 6.45) is 1.47. The number of hydrogen-bond acceptors (Lipinski definition) is 5. The van der Waals surface area contributed by atoms with Gasteiger partial charge in [0.25, 0.3) is 0 Å². The minimum atomic E-state index is -0.977. The van der Waals surface area contributed by atoms with E-state index in [4.69, 9.17) is 14.2 Å². The molecule has 37 heavy (non-hydrogen) atoms. The number of ether oxygens (including phenoxy) is 3. The van der Waals surface area contributed by atoms with Crippen LogP contribution in [0.2, 0.25) is 0 Å². The third-order valence-corrected chi connectivity index (χ3v) is 5.96. The first-order chi connectivity index (χ1) is 17.7. The van der Waals surface area contributed by atoms with Crippen LogP contribution in [0.15, 0.2) is 36.4 Å². The van der Waals surface area contributed by atoms with Crippen LogP contribution in [0.3, 0.4) is 0 Å². The highest BCUT2D eigenvalue weighted by molar-refractivity contribution is 5.91. The molecule has 1 unspecified atom stereocenters. The molecule has 8 heteroatoms. The van der Waals surface area contributed by atoms with Gasteiger partial charge in [-0.3, -0.25) is 0 Å². The largest absolute Gasteiger partial charge is 0.492 e. The SMILES string of the molecule is CCCCOCCN(CCOc1ccc(CC(OCC)C(=O)O)cc1)C(=O)Nc1c(C)cc(C)cc1C. The molecule has 8 nitrogen and oxygen atoms in total. The highest BCUT2D eigenvalue weighted by Gasteiger charge is 2.18. The predicted molar refractivity (Wildman–Crippen MR) is 146 cm³/mol. The molecule has 0 aliphatic heterocycles. The number of benzene rings is 2. The molecule has 0 aliphatic carbocycles. The molecule has 0 saturated carbocycles. The van der Waals surface area contributed by atoms with Crippen LogP contribution in [-0.2, 0) is 20.7 Å². The molecule has 2 aromatic carbocycles. The number of urea groups is 1. The minimum Gasteiger partial charge on any atom is -0.492 e. The number of nitrogens with zero attached hydrogens (tertiary/aromatic N) is 1. The van der Waals surface area contributed by atoms with Gasteiger partial charge in [-0.15, -0.1) is 0 Å². The van der Waals surface area contributed by atoms with Crippen molar-refractivity contribution in [3.8, 4) is 5.75 Å². The van der Waals surface area contributed by atoms with Crippen molar-refractivity contribution in [3.63, 3.8) is 0 Å². The number of aliphatic carboxylic acids is 1. The van der Waals surface area contributed by atoms with Crippen LogP contribution >= 0.6 is 0 Å². The molecule has 2 aromatic rings. The maximum atomic E-state index is 13.2. The highest BCUT2D eigenvalue weighted by Crippen LogP contribution is 2.22. The number of anilines is 1. The number of aryl methyl sites for hydroxylation is 3. The summed E-state index contributed by atoms with van der Waals surface area (Å²) in [5.41, 5.74) is 4.88. The molecule has 0 bridgehead atoms. The van der Waals surface area contributed by atoms with Crippen molar-refractivity contribution in [1.82, 2.24) is 4.90 Å². The average molecular weight is 515 g/mol. The zero-order valence-corrected chi connectivity index (χ0v) is 22.8. The summed E-state index contributed by atoms with van der Waals surface area (Å²) in [5.74, 6) is -0.327. The molecule has 0 heterocycles. The Bertz CT molecular complexity index is 969. The molecule has 0 fully saturated rings. The first-order valence-corrected chi connectivity index (χ1v) is 13.0. The van der Waals surface area contributed by atoms with E-state index >= 15 is 0 Å². The van der Waals surface area contributed by atoms with Gasteiger partial charge < -0.3 is 29.5 Å². The summed E-state index contributed by atoms with van der Waals surface area (Å²) in [7, 11) is 0. The van der Waals surface area contributed by atoms with Crippen LogP contribution in [0.25, 0.3) is 0 Å². The summed E-state index contributed by atoms with van der Waals surface area (Å²) in [6, 6.07) is 11.2. The Balaban J connectivity index is 1.97. The summed E-state index contributed by atoms with van der Waals surface area (Å²) < 4.78 is 16.9. The van der Waals surface area contributed by atoms with E-state index in [1.165, 1.54) is 0 Å². The second-order valence-corrected chi connectivity index (χ2v) is 9.14. The smallest absolute Gasteiger partial charge is 0.333 e. The predicted octanol–water partition coefficient (Wildman–Crippen LogP) is 5.37. The van der Waals surface area contributed by atoms with E-state index in [2.05, 4.69) is 24.4 Å². The van der Waals surface area contributed by atoms with Gasteiger partial charge in [0.15, 0.2) is 6.10 Å². The number of carboxylic acid groups (broad SMARTS) is 1. The van der Waals surface area contributed by atoms with Crippen molar-refractivity contribution in [3.05, 3.63) is 58.7 Å². The van der Waals surface area contributed by atoms with Gasteiger partial charge in [0.2, 0.25) is 0 Å². The van der Waals surface area contributed by atoms with Crippen molar-refractivity contribution in [2.24, 2.45) is 0 Å². The number of amides is 2. The molecule has 2 rings (SSSR count). The van der Waals surface area contributed by atoms with Crippen molar-refractivity contribution in [1.29, 1.82) is 0 Å². The highest BCUT2D eigenvalue weighted by atomic mass is 16.5. The number of carbonyl (C=O) groups excluding carboxylic acids is 1. The Labute approximate surface area is 220 Å². The first-order valence-electron chi connectivity index (χ1n) is 13.0. The number of carbonyl (C=O) groups is 2. The summed E-state index contributed by atoms with van der Waals surface area (Å²) >= 11 is 0. The lowest BCUT2D eigenvalue weighted by Crippen LogP contribution is -2.40. The van der Waals surface area contributed by atoms with Crippen LogP contribution in [0, 0.1) is 20.8 Å². The van der Waals surface area contributed by atoms with Crippen molar-refractivity contribution < 1.29 is 28.9 Å². The van der Waals surface area contributed by atoms with Gasteiger partial charge in [-0.1, -0.05) is 43.2 Å². The summed E-state index contributed by atoms with van der Waals surface area (Å²) in [5, 5.41) is 12.3. The van der Waals surface area contributed by atoms with E-state index in [0.717, 1.165) is 40.8 Å². The standard InChI is InChI=1S/C29H42N2O6/c1-6-8-15-35-16-13-31(29(34)30-27-22(4)18-21(3)19-23(27)5)14-17-37-25-11-9-24(10-12-25)20-26(28(32)33)36-7-2/h9-12,18-19,26H,6-8,13-17,20H2,1-5H3,(H,30,34)(H,32,33). The van der Waals surface area contributed by atoms with Gasteiger partial charge >= 0.3 is 12.0 Å². The van der Waals surface area contributed by atoms with Gasteiger partial charge in [0, 0.05) is 31.9 Å². The molecular weight excluding hydrogens is 472 g/mol. The van der Waals surface area contributed by atoms with Crippen LogP contribution in [-0.4, -0.2) is 67.6 Å². The van der Waals surface area contributed by atoms with Gasteiger partial charge in [0.1, 0.15) is 12.4 Å². The van der Waals surface area contributed by atoms with E-state index < -0.39 is 12.1 Å². The van der Waals surface area contributed by atoms with Crippen LogP contribution in [0.1, 0.15) is 48.9 Å². The van der Waals surface area contributed by atoms with Crippen molar-refractivity contribution in [2.45, 2.75) is 60.0 Å². The van der Waals surface area contributed by atoms with Crippen LogP contribution in [0.4, 0.5) is 10.5 Å². The fourth-order valence-corrected chi connectivity index (χ4v) is 4.03. The Morgan fingerprint density at radius 3 is 2.22 bits per heavy atom. The Morgan fingerprint density at radius 2 is 1.62 bits per heavy atom. The fourth-order valence-electron chi connectivity index (χ4n) is 4.03. The summed E-state index contributed by atoms with van der Waals surface area (Å²) in [6.45, 7) is 12.5. The molecular formula is C29H42N2O6. The molecule has 0 aromatic heterocycles. The maximum Gasteiger partial charge on any atom is 0.333 e. The molecule has 2 N–H and O–H groups in total. The second-order valence-electron chi connectivity index (χ2n) is 9.14. The fraction of sp³-hybridized carbons (Fsp3) is 0.517. The molecule has 204 valence electrons. The monoisotopic (exact) mass is 514 g/mol. The number of nitrogens with one attached hydrogen (secondary N) is 1. The quantitative estimate of drug-likeness (QED) is 0.292. The molecule has 0 aliphatic rings. The van der Waals surface area contributed by atoms with Gasteiger partial charge in [-0.25, -0.2) is 9.59 Å². The zero-order valence-electron chi connectivity index (χ0n) is 22.8. The molecule has 0 spiro atoms. The Morgan fingerprint density at radius 1 is 0.973 bits per heavy atom. The Hall–Kier alpha value is -3.10. The summed E-state index contributed by atoms with van der Waals surface area (Å²) in [4.78, 5) is 26.2. The number of unbranched alkanes of at least 4 members (excludes halogenated alkanes) is 1. The molecule has 0 saturated heterocycles. The van der Waals surface area contributed by atoms with E-state index in [1.54, 1.807) is 24.0 Å². The van der Waals surface area contributed by atoms with E-state index in [-0.39, 0.29) is 12.5 Å². The van der Waals surface area contributed by atoms with Crippen molar-refractivity contribution >= 4 is 17.7 Å². The topological polar surface area (TPSA) is 97.3 Å². The van der Waals surface area contributed by atoms with Gasteiger partial charge in [0.05, 0.1) is 13.2 Å². The van der Waals surface area contributed by atoms with E-state index in [1.807, 2.05) is 32.9 Å². The maximum absolute atomic E-state index is 13.2. The van der Waals surface area contributed by atoms with E-state index in [9.17, 15) is 14.7 Å². The van der Waals surface area contributed by atoms with Gasteiger partial charge in [-0.05, 0) is 62.9 Å². The number of hydrogen-bond donors (Lipinski definition) is 2. The second kappa shape index (κ2) is 15.9. The van der Waals surface area contributed by atoms with Crippen molar-refractivity contribution in [2.75, 3.05) is 44.8 Å². The molecule has 1 atom stereocenters. The van der Waals surface area contributed by atoms with E-state index in [0.29, 0.717) is 45.3 Å². The lowest BCUT2D eigenvalue weighted by molar-refractivity contribution is -0.149. The minimum absolute atomic E-state index is 0.191. The van der Waals surface area contributed by atoms with Gasteiger partial charge in [-0.2, -0.15) is 0 Å². The number of rotatable bonds is 16. The lowest BCUT2D eigenvalue weighted by Gasteiger charge is -2.24. The van der Waals surface area contributed by atoms with Crippen LogP contribution in [0.5, 0.6) is 5.75 Å². The first kappa shape index (κ1) is 30.1. The zero-order chi connectivity index (χ0) is 27.2. The normalized spacial score (nSPS) is 11.7. The lowest BCUT2D eigenvalue weighted by atomic mass is 10.1. The third kappa shape index (κ3) is 10.4. The molecule has 2 amide bonds. The third-order valence-electron chi connectivity index (χ3n) is 5.96.